The summed E-state index contributed by atoms with van der Waals surface area (Å²) in [7, 11) is 0. The molecular weight excluding hydrogens is 264 g/mol. The number of carbonyl (C=O) groups is 1. The molecule has 0 radical (unpaired) electrons. The van der Waals surface area contributed by atoms with Crippen molar-refractivity contribution in [3.05, 3.63) is 40.9 Å². The van der Waals surface area contributed by atoms with Crippen LogP contribution in [-0.2, 0) is 6.54 Å². The molecule has 2 heterocycles. The van der Waals surface area contributed by atoms with E-state index in [1.165, 1.54) is 11.5 Å². The highest BCUT2D eigenvalue weighted by atomic mass is 32.1. The molecule has 0 aliphatic carbocycles. The van der Waals surface area contributed by atoms with E-state index in [1.54, 1.807) is 6.07 Å². The SMILES string of the molecule is O=C(O)c1cc(CN2CCOc3ccccc32)sn1. The number of fused-ring (bicyclic) bond motifs is 1. The molecule has 1 aliphatic rings. The fraction of sp³-hybridized carbons (Fsp3) is 0.231. The number of carboxylic acid groups (broad SMARTS) is 1. The van der Waals surface area contributed by atoms with Crippen LogP contribution in [0, 0.1) is 0 Å². The molecule has 0 unspecified atom stereocenters. The first-order chi connectivity index (χ1) is 9.24. The van der Waals surface area contributed by atoms with Gasteiger partial charge in [0.2, 0.25) is 0 Å². The first-order valence-corrected chi connectivity index (χ1v) is 6.67. The highest BCUT2D eigenvalue weighted by molar-refractivity contribution is 7.05. The number of anilines is 1. The van der Waals surface area contributed by atoms with Crippen molar-refractivity contribution in [3.63, 3.8) is 0 Å². The molecule has 19 heavy (non-hydrogen) atoms. The number of aromatic nitrogens is 1. The number of ether oxygens (including phenoxy) is 1. The van der Waals surface area contributed by atoms with Gasteiger partial charge >= 0.3 is 5.97 Å². The summed E-state index contributed by atoms with van der Waals surface area (Å²) in [4.78, 5) is 13.9. The summed E-state index contributed by atoms with van der Waals surface area (Å²) in [5.41, 5.74) is 1.15. The minimum absolute atomic E-state index is 0.113. The number of hydrogen-bond donors (Lipinski definition) is 1. The Morgan fingerprint density at radius 1 is 1.47 bits per heavy atom. The van der Waals surface area contributed by atoms with E-state index >= 15 is 0 Å². The summed E-state index contributed by atoms with van der Waals surface area (Å²) in [6.45, 7) is 2.09. The molecule has 6 heteroatoms. The Morgan fingerprint density at radius 3 is 3.11 bits per heavy atom. The monoisotopic (exact) mass is 276 g/mol. The molecule has 1 aliphatic heterocycles. The highest BCUT2D eigenvalue weighted by Crippen LogP contribution is 2.32. The number of benzene rings is 1. The topological polar surface area (TPSA) is 62.7 Å². The molecule has 1 N–H and O–H groups in total. The average Bonchev–Trinajstić information content (AvgIpc) is 2.88. The second-order valence-electron chi connectivity index (χ2n) is 4.22. The Hall–Kier alpha value is -2.08. The zero-order valence-corrected chi connectivity index (χ0v) is 10.9. The number of nitrogens with zero attached hydrogens (tertiary/aromatic N) is 2. The third-order valence-electron chi connectivity index (χ3n) is 2.95. The van der Waals surface area contributed by atoms with Crippen molar-refractivity contribution in [2.75, 3.05) is 18.1 Å². The molecule has 2 aromatic rings. The third kappa shape index (κ3) is 2.39. The average molecular weight is 276 g/mol. The molecule has 0 amide bonds. The molecular formula is C13H12N2O3S. The lowest BCUT2D eigenvalue weighted by Crippen LogP contribution is -2.31. The van der Waals surface area contributed by atoms with Gasteiger partial charge in [0.1, 0.15) is 12.4 Å². The lowest BCUT2D eigenvalue weighted by atomic mass is 10.2. The Bertz CT molecular complexity index is 611. The first-order valence-electron chi connectivity index (χ1n) is 5.90. The fourth-order valence-corrected chi connectivity index (χ4v) is 2.79. The van der Waals surface area contributed by atoms with Gasteiger partial charge in [-0.05, 0) is 29.7 Å². The quantitative estimate of drug-likeness (QED) is 0.931. The van der Waals surface area contributed by atoms with Crippen LogP contribution < -0.4 is 9.64 Å². The van der Waals surface area contributed by atoms with Crippen LogP contribution in [-0.4, -0.2) is 28.6 Å². The van der Waals surface area contributed by atoms with Crippen molar-refractivity contribution in [2.24, 2.45) is 0 Å². The fourth-order valence-electron chi connectivity index (χ4n) is 2.07. The molecule has 0 atom stereocenters. The number of carboxylic acids is 1. The molecule has 5 nitrogen and oxygen atoms in total. The van der Waals surface area contributed by atoms with E-state index in [-0.39, 0.29) is 5.69 Å². The van der Waals surface area contributed by atoms with Gasteiger partial charge in [-0.25, -0.2) is 4.79 Å². The lowest BCUT2D eigenvalue weighted by Gasteiger charge is -2.30. The largest absolute Gasteiger partial charge is 0.490 e. The van der Waals surface area contributed by atoms with Gasteiger partial charge in [-0.2, -0.15) is 4.37 Å². The minimum Gasteiger partial charge on any atom is -0.490 e. The minimum atomic E-state index is -0.982. The predicted molar refractivity (Wildman–Crippen MR) is 72.1 cm³/mol. The molecule has 0 bridgehead atoms. The molecule has 0 spiro atoms. The van der Waals surface area contributed by atoms with Crippen LogP contribution in [0.3, 0.4) is 0 Å². The Morgan fingerprint density at radius 2 is 2.32 bits per heavy atom. The van der Waals surface area contributed by atoms with Gasteiger partial charge in [0.25, 0.3) is 0 Å². The maximum absolute atomic E-state index is 10.8. The maximum Gasteiger partial charge on any atom is 0.355 e. The van der Waals surface area contributed by atoms with Crippen LogP contribution in [0.1, 0.15) is 15.4 Å². The summed E-state index contributed by atoms with van der Waals surface area (Å²) in [5, 5.41) is 8.87. The van der Waals surface area contributed by atoms with Gasteiger partial charge < -0.3 is 14.7 Å². The second-order valence-corrected chi connectivity index (χ2v) is 5.11. The molecule has 98 valence electrons. The molecule has 0 saturated carbocycles. The van der Waals surface area contributed by atoms with E-state index in [1.807, 2.05) is 24.3 Å². The van der Waals surface area contributed by atoms with Gasteiger partial charge in [0.15, 0.2) is 5.69 Å². The number of hydrogen-bond acceptors (Lipinski definition) is 5. The number of rotatable bonds is 3. The van der Waals surface area contributed by atoms with Gasteiger partial charge in [-0.3, -0.25) is 0 Å². The van der Waals surface area contributed by atoms with Gasteiger partial charge in [0.05, 0.1) is 18.8 Å². The van der Waals surface area contributed by atoms with E-state index in [2.05, 4.69) is 9.27 Å². The molecule has 0 saturated heterocycles. The van der Waals surface area contributed by atoms with Crippen LogP contribution in [0.5, 0.6) is 5.75 Å². The van der Waals surface area contributed by atoms with Gasteiger partial charge in [-0.1, -0.05) is 12.1 Å². The van der Waals surface area contributed by atoms with Crippen molar-refractivity contribution >= 4 is 23.2 Å². The van der Waals surface area contributed by atoms with Crippen LogP contribution in [0.4, 0.5) is 5.69 Å². The molecule has 3 rings (SSSR count). The highest BCUT2D eigenvalue weighted by Gasteiger charge is 2.19. The van der Waals surface area contributed by atoms with Crippen LogP contribution >= 0.6 is 11.5 Å². The summed E-state index contributed by atoms with van der Waals surface area (Å²) in [6.07, 6.45) is 0. The Balaban J connectivity index is 1.82. The summed E-state index contributed by atoms with van der Waals surface area (Å²) < 4.78 is 9.51. The van der Waals surface area contributed by atoms with Crippen LogP contribution in [0.15, 0.2) is 30.3 Å². The van der Waals surface area contributed by atoms with E-state index in [9.17, 15) is 4.79 Å². The molecule has 1 aromatic heterocycles. The standard InChI is InChI=1S/C13H12N2O3S/c16-13(17)10-7-9(19-14-10)8-15-5-6-18-12-4-2-1-3-11(12)15/h1-4,7H,5-6,8H2,(H,16,17). The van der Waals surface area contributed by atoms with E-state index in [0.29, 0.717) is 13.2 Å². The summed E-state index contributed by atoms with van der Waals surface area (Å²) in [5.74, 6) is -0.110. The Kier molecular flexibility index (Phi) is 3.08. The summed E-state index contributed by atoms with van der Waals surface area (Å²) >= 11 is 1.23. The van der Waals surface area contributed by atoms with E-state index in [4.69, 9.17) is 9.84 Å². The predicted octanol–water partition coefficient (Wildman–Crippen LogP) is 2.24. The second kappa shape index (κ2) is 4.89. The number of para-hydroxylation sites is 2. The van der Waals surface area contributed by atoms with E-state index in [0.717, 1.165) is 22.9 Å². The van der Waals surface area contributed by atoms with Crippen molar-refractivity contribution < 1.29 is 14.6 Å². The summed E-state index contributed by atoms with van der Waals surface area (Å²) in [6, 6.07) is 9.49. The van der Waals surface area contributed by atoms with Crippen LogP contribution in [0.2, 0.25) is 0 Å². The zero-order valence-electron chi connectivity index (χ0n) is 10.1. The van der Waals surface area contributed by atoms with Crippen molar-refractivity contribution in [1.29, 1.82) is 0 Å². The van der Waals surface area contributed by atoms with Gasteiger partial charge in [-0.15, -0.1) is 0 Å². The van der Waals surface area contributed by atoms with Crippen molar-refractivity contribution in [1.82, 2.24) is 4.37 Å². The van der Waals surface area contributed by atoms with E-state index < -0.39 is 5.97 Å². The lowest BCUT2D eigenvalue weighted by molar-refractivity contribution is 0.0692. The maximum atomic E-state index is 10.8. The normalized spacial score (nSPS) is 13.8. The van der Waals surface area contributed by atoms with Gasteiger partial charge in [0, 0.05) is 4.88 Å². The molecule has 1 aromatic carbocycles. The first kappa shape index (κ1) is 12.0. The zero-order chi connectivity index (χ0) is 13.2. The van der Waals surface area contributed by atoms with Crippen molar-refractivity contribution in [3.8, 4) is 5.75 Å². The smallest absolute Gasteiger partial charge is 0.355 e. The Labute approximate surface area is 114 Å². The number of aromatic carboxylic acids is 1. The molecule has 0 fully saturated rings. The van der Waals surface area contributed by atoms with Crippen molar-refractivity contribution in [2.45, 2.75) is 6.54 Å². The van der Waals surface area contributed by atoms with Crippen LogP contribution in [0.25, 0.3) is 0 Å². The third-order valence-corrected chi connectivity index (χ3v) is 3.72.